The molecule has 7 heteroatoms. The molecule has 1 aromatic carbocycles. The van der Waals surface area contributed by atoms with Gasteiger partial charge in [0.05, 0.1) is 5.57 Å². The van der Waals surface area contributed by atoms with E-state index in [0.29, 0.717) is 5.69 Å². The number of benzene rings is 1. The monoisotopic (exact) mass is 287 g/mol. The largest absolute Gasteiger partial charge is 0.478 e. The molecule has 108 valence electrons. The summed E-state index contributed by atoms with van der Waals surface area (Å²) in [6.07, 6.45) is -4.42. The molecule has 3 N–H and O–H groups in total. The van der Waals surface area contributed by atoms with Crippen molar-refractivity contribution >= 4 is 17.7 Å². The van der Waals surface area contributed by atoms with Crippen molar-refractivity contribution in [1.29, 1.82) is 0 Å². The van der Waals surface area contributed by atoms with Crippen LogP contribution in [0.2, 0.25) is 0 Å². The summed E-state index contributed by atoms with van der Waals surface area (Å²) < 4.78 is 45.0. The van der Waals surface area contributed by atoms with Gasteiger partial charge in [0.15, 0.2) is 0 Å². The fraction of sp³-hybridized carbons (Fsp3) is 0.308. The minimum Gasteiger partial charge on any atom is -0.478 e. The van der Waals surface area contributed by atoms with E-state index in [2.05, 4.69) is 0 Å². The van der Waals surface area contributed by atoms with Crippen LogP contribution in [0.25, 0.3) is 6.08 Å². The molecule has 1 aliphatic rings. The fourth-order valence-corrected chi connectivity index (χ4v) is 2.20. The number of nitrogens with two attached hydrogens (primary N) is 1. The number of rotatable bonds is 2. The average molecular weight is 287 g/mol. The lowest BCUT2D eigenvalue weighted by Crippen LogP contribution is -2.54. The molecule has 0 bridgehead atoms. The SMILES string of the molecule is CC[C@]1(C(F)(F)F)Oc2ccc(N)cc2C=C1C(=O)O. The van der Waals surface area contributed by atoms with E-state index in [9.17, 15) is 18.0 Å². The van der Waals surface area contributed by atoms with Crippen LogP contribution in [0.15, 0.2) is 23.8 Å². The van der Waals surface area contributed by atoms with Gasteiger partial charge in [-0.15, -0.1) is 0 Å². The van der Waals surface area contributed by atoms with Crippen molar-refractivity contribution in [1.82, 2.24) is 0 Å². The van der Waals surface area contributed by atoms with E-state index in [1.54, 1.807) is 0 Å². The summed E-state index contributed by atoms with van der Waals surface area (Å²) in [7, 11) is 0. The summed E-state index contributed by atoms with van der Waals surface area (Å²) in [6, 6.07) is 4.07. The van der Waals surface area contributed by atoms with Gasteiger partial charge in [0, 0.05) is 11.3 Å². The van der Waals surface area contributed by atoms with Crippen LogP contribution in [0.3, 0.4) is 0 Å². The highest BCUT2D eigenvalue weighted by atomic mass is 19.4. The second-order valence-corrected chi connectivity index (χ2v) is 4.44. The molecule has 0 saturated heterocycles. The predicted octanol–water partition coefficient (Wildman–Crippen LogP) is 2.84. The molecule has 0 spiro atoms. The number of fused-ring (bicyclic) bond motifs is 1. The molecule has 20 heavy (non-hydrogen) atoms. The number of nitrogen functional groups attached to an aromatic ring is 1. The van der Waals surface area contributed by atoms with Crippen molar-refractivity contribution in [2.45, 2.75) is 25.1 Å². The van der Waals surface area contributed by atoms with E-state index in [1.165, 1.54) is 25.1 Å². The van der Waals surface area contributed by atoms with Crippen molar-refractivity contribution in [3.8, 4) is 5.75 Å². The lowest BCUT2D eigenvalue weighted by atomic mass is 9.85. The normalized spacial score (nSPS) is 21.7. The highest BCUT2D eigenvalue weighted by Crippen LogP contribution is 2.47. The first-order valence-corrected chi connectivity index (χ1v) is 5.82. The quantitative estimate of drug-likeness (QED) is 0.820. The second kappa shape index (κ2) is 4.43. The number of aliphatic carboxylic acids is 1. The van der Waals surface area contributed by atoms with Crippen molar-refractivity contribution in [2.24, 2.45) is 0 Å². The molecule has 0 aromatic heterocycles. The maximum atomic E-state index is 13.3. The zero-order valence-electron chi connectivity index (χ0n) is 10.5. The van der Waals surface area contributed by atoms with E-state index < -0.39 is 29.7 Å². The molecule has 0 fully saturated rings. The van der Waals surface area contributed by atoms with Crippen molar-refractivity contribution < 1.29 is 27.8 Å². The third kappa shape index (κ3) is 1.99. The van der Waals surface area contributed by atoms with Gasteiger partial charge in [-0.25, -0.2) is 4.79 Å². The van der Waals surface area contributed by atoms with Gasteiger partial charge in [-0.1, -0.05) is 6.92 Å². The molecule has 2 rings (SSSR count). The summed E-state index contributed by atoms with van der Waals surface area (Å²) >= 11 is 0. The number of alkyl halides is 3. The van der Waals surface area contributed by atoms with Gasteiger partial charge in [-0.2, -0.15) is 13.2 Å². The first-order valence-electron chi connectivity index (χ1n) is 5.82. The first kappa shape index (κ1) is 14.2. The first-order chi connectivity index (χ1) is 9.21. The Hall–Kier alpha value is -2.18. The Labute approximate surface area is 112 Å². The number of hydrogen-bond donors (Lipinski definition) is 2. The number of carbonyl (C=O) groups is 1. The summed E-state index contributed by atoms with van der Waals surface area (Å²) in [4.78, 5) is 11.2. The van der Waals surface area contributed by atoms with Crippen LogP contribution >= 0.6 is 0 Å². The molecular weight excluding hydrogens is 275 g/mol. The minimum absolute atomic E-state index is 0.0385. The maximum absolute atomic E-state index is 13.3. The van der Waals surface area contributed by atoms with Gasteiger partial charge in [0.2, 0.25) is 5.60 Å². The Morgan fingerprint density at radius 2 is 2.10 bits per heavy atom. The Morgan fingerprint density at radius 1 is 1.45 bits per heavy atom. The van der Waals surface area contributed by atoms with Crippen molar-refractivity contribution in [3.05, 3.63) is 29.3 Å². The molecule has 0 amide bonds. The molecule has 4 nitrogen and oxygen atoms in total. The highest BCUT2D eigenvalue weighted by molar-refractivity contribution is 5.96. The van der Waals surface area contributed by atoms with Crippen LogP contribution in [0.4, 0.5) is 18.9 Å². The molecule has 0 unspecified atom stereocenters. The molecule has 0 radical (unpaired) electrons. The Bertz CT molecular complexity index is 595. The van der Waals surface area contributed by atoms with Crippen LogP contribution in [0, 0.1) is 0 Å². The van der Waals surface area contributed by atoms with Gasteiger partial charge in [-0.05, 0) is 30.7 Å². The standard InChI is InChI=1S/C13H12F3NO3/c1-2-12(13(14,15)16)9(11(18)19)6-7-5-8(17)3-4-10(7)20-12/h3-6H,2,17H2,1H3,(H,18,19)/t12-/m0/s1. The van der Waals surface area contributed by atoms with Crippen molar-refractivity contribution in [3.63, 3.8) is 0 Å². The molecule has 1 aliphatic heterocycles. The molecule has 1 aromatic rings. The van der Waals surface area contributed by atoms with E-state index >= 15 is 0 Å². The van der Waals surface area contributed by atoms with Crippen LogP contribution in [-0.2, 0) is 4.79 Å². The van der Waals surface area contributed by atoms with Crippen LogP contribution in [0.1, 0.15) is 18.9 Å². The van der Waals surface area contributed by atoms with Crippen LogP contribution < -0.4 is 10.5 Å². The number of halogens is 3. The highest BCUT2D eigenvalue weighted by Gasteiger charge is 2.61. The lowest BCUT2D eigenvalue weighted by Gasteiger charge is -2.38. The molecule has 1 atom stereocenters. The Morgan fingerprint density at radius 3 is 2.60 bits per heavy atom. The fourth-order valence-electron chi connectivity index (χ4n) is 2.20. The van der Waals surface area contributed by atoms with Gasteiger partial charge in [0.25, 0.3) is 0 Å². The molecule has 0 saturated carbocycles. The van der Waals surface area contributed by atoms with Crippen LogP contribution in [-0.4, -0.2) is 22.9 Å². The van der Waals surface area contributed by atoms with Gasteiger partial charge in [0.1, 0.15) is 5.75 Å². The lowest BCUT2D eigenvalue weighted by molar-refractivity contribution is -0.236. The molecule has 1 heterocycles. The molecule has 0 aliphatic carbocycles. The van der Waals surface area contributed by atoms with Gasteiger partial charge in [-0.3, -0.25) is 0 Å². The van der Waals surface area contributed by atoms with Crippen molar-refractivity contribution in [2.75, 3.05) is 5.73 Å². The number of hydrogen-bond acceptors (Lipinski definition) is 3. The Kier molecular flexibility index (Phi) is 3.15. The number of carboxylic acid groups (broad SMARTS) is 1. The number of carboxylic acids is 1. The summed E-state index contributed by atoms with van der Waals surface area (Å²) in [5.74, 6) is -1.71. The van der Waals surface area contributed by atoms with E-state index in [-0.39, 0.29) is 11.3 Å². The third-order valence-electron chi connectivity index (χ3n) is 3.24. The minimum atomic E-state index is -4.84. The topological polar surface area (TPSA) is 72.5 Å². The van der Waals surface area contributed by atoms with E-state index in [0.717, 1.165) is 6.08 Å². The van der Waals surface area contributed by atoms with Gasteiger partial charge < -0.3 is 15.6 Å². The van der Waals surface area contributed by atoms with Gasteiger partial charge >= 0.3 is 12.1 Å². The third-order valence-corrected chi connectivity index (χ3v) is 3.24. The van der Waals surface area contributed by atoms with E-state index in [4.69, 9.17) is 15.6 Å². The summed E-state index contributed by atoms with van der Waals surface area (Å²) in [5, 5.41) is 9.08. The number of anilines is 1. The van der Waals surface area contributed by atoms with Crippen LogP contribution in [0.5, 0.6) is 5.75 Å². The number of ether oxygens (including phenoxy) is 1. The average Bonchev–Trinajstić information content (AvgIpc) is 2.35. The van der Waals surface area contributed by atoms with E-state index in [1.807, 2.05) is 0 Å². The summed E-state index contributed by atoms with van der Waals surface area (Å²) in [5.41, 5.74) is 2.38. The Balaban J connectivity index is 2.69. The zero-order chi connectivity index (χ0) is 15.1. The molecular formula is C13H12F3NO3. The maximum Gasteiger partial charge on any atom is 0.432 e. The predicted molar refractivity (Wildman–Crippen MR) is 66.2 cm³/mol. The summed E-state index contributed by atoms with van der Waals surface area (Å²) in [6.45, 7) is 1.23. The zero-order valence-corrected chi connectivity index (χ0v) is 10.5. The smallest absolute Gasteiger partial charge is 0.432 e. The second-order valence-electron chi connectivity index (χ2n) is 4.44.